The normalized spacial score (nSPS) is 10.2. The first-order chi connectivity index (χ1) is 8.99. The standard InChI is InChI=1S/C10H12N4O4S/c1-17-8-3-6(5-12-13-10(11)19)7(14(15)16)4-9(8)18-2/h3-5H,1-2H3,(H3,11,13,19)/b12-5-. The van der Waals surface area contributed by atoms with Crippen LogP contribution >= 0.6 is 12.2 Å². The number of hydrogen-bond acceptors (Lipinski definition) is 6. The Balaban J connectivity index is 3.23. The third kappa shape index (κ3) is 3.78. The Morgan fingerprint density at radius 2 is 2.05 bits per heavy atom. The van der Waals surface area contributed by atoms with Gasteiger partial charge in [0.1, 0.15) is 0 Å². The van der Waals surface area contributed by atoms with Crippen molar-refractivity contribution in [3.63, 3.8) is 0 Å². The molecule has 1 aromatic rings. The minimum absolute atomic E-state index is 0.0422. The van der Waals surface area contributed by atoms with E-state index in [-0.39, 0.29) is 22.1 Å². The van der Waals surface area contributed by atoms with Gasteiger partial charge >= 0.3 is 0 Å². The number of methoxy groups -OCH3 is 2. The molecular weight excluding hydrogens is 272 g/mol. The van der Waals surface area contributed by atoms with Gasteiger partial charge < -0.3 is 15.2 Å². The molecule has 0 saturated heterocycles. The van der Waals surface area contributed by atoms with E-state index in [1.54, 1.807) is 0 Å². The molecule has 0 aliphatic heterocycles. The molecule has 102 valence electrons. The number of benzene rings is 1. The van der Waals surface area contributed by atoms with Gasteiger partial charge in [0.25, 0.3) is 5.69 Å². The van der Waals surface area contributed by atoms with Crippen LogP contribution in [0.4, 0.5) is 5.69 Å². The Bertz CT molecular complexity index is 533. The predicted octanol–water partition coefficient (Wildman–Crippen LogP) is 0.779. The summed E-state index contributed by atoms with van der Waals surface area (Å²) in [5.41, 5.74) is 7.55. The van der Waals surface area contributed by atoms with Gasteiger partial charge in [-0.2, -0.15) is 5.10 Å². The average molecular weight is 284 g/mol. The summed E-state index contributed by atoms with van der Waals surface area (Å²) in [6.07, 6.45) is 1.22. The number of rotatable bonds is 5. The second-order valence-electron chi connectivity index (χ2n) is 3.26. The summed E-state index contributed by atoms with van der Waals surface area (Å²) in [7, 11) is 2.82. The molecule has 0 aliphatic rings. The van der Waals surface area contributed by atoms with Crippen molar-refractivity contribution < 1.29 is 14.4 Å². The molecule has 3 N–H and O–H groups in total. The van der Waals surface area contributed by atoms with Crippen molar-refractivity contribution in [2.45, 2.75) is 0 Å². The Kier molecular flexibility index (Phi) is 5.01. The van der Waals surface area contributed by atoms with E-state index in [2.05, 4.69) is 22.7 Å². The summed E-state index contributed by atoms with van der Waals surface area (Å²) < 4.78 is 10.1. The first-order valence-electron chi connectivity index (χ1n) is 4.98. The third-order valence-corrected chi connectivity index (χ3v) is 2.20. The zero-order valence-corrected chi connectivity index (χ0v) is 11.1. The summed E-state index contributed by atoms with van der Waals surface area (Å²) in [6, 6.07) is 2.68. The average Bonchev–Trinajstić information content (AvgIpc) is 2.37. The van der Waals surface area contributed by atoms with Gasteiger partial charge in [0.05, 0.1) is 37.0 Å². The zero-order valence-electron chi connectivity index (χ0n) is 10.2. The van der Waals surface area contributed by atoms with Crippen molar-refractivity contribution >= 4 is 29.2 Å². The highest BCUT2D eigenvalue weighted by Crippen LogP contribution is 2.33. The molecule has 0 saturated carbocycles. The maximum absolute atomic E-state index is 11.0. The van der Waals surface area contributed by atoms with Crippen molar-refractivity contribution in [2.24, 2.45) is 10.8 Å². The van der Waals surface area contributed by atoms with Crippen LogP contribution in [-0.4, -0.2) is 30.5 Å². The number of nitrogens with zero attached hydrogens (tertiary/aromatic N) is 2. The number of hydrogen-bond donors (Lipinski definition) is 2. The molecular formula is C10H12N4O4S. The fourth-order valence-electron chi connectivity index (χ4n) is 1.31. The van der Waals surface area contributed by atoms with Crippen LogP contribution in [0.25, 0.3) is 0 Å². The molecule has 0 atom stereocenters. The summed E-state index contributed by atoms with van der Waals surface area (Å²) in [6.45, 7) is 0. The van der Waals surface area contributed by atoms with Gasteiger partial charge in [0, 0.05) is 0 Å². The van der Waals surface area contributed by atoms with Crippen molar-refractivity contribution in [1.29, 1.82) is 0 Å². The molecule has 9 heteroatoms. The second kappa shape index (κ2) is 6.50. The molecule has 1 aromatic carbocycles. The maximum Gasteiger partial charge on any atom is 0.282 e. The highest BCUT2D eigenvalue weighted by molar-refractivity contribution is 7.80. The lowest BCUT2D eigenvalue weighted by atomic mass is 10.1. The quantitative estimate of drug-likeness (QED) is 0.355. The van der Waals surface area contributed by atoms with Crippen LogP contribution in [-0.2, 0) is 0 Å². The summed E-state index contributed by atoms with van der Waals surface area (Å²) >= 11 is 4.56. The Morgan fingerprint density at radius 1 is 1.47 bits per heavy atom. The minimum atomic E-state index is -0.552. The molecule has 19 heavy (non-hydrogen) atoms. The van der Waals surface area contributed by atoms with E-state index in [9.17, 15) is 10.1 Å². The number of ether oxygens (including phenoxy) is 2. The second-order valence-corrected chi connectivity index (χ2v) is 3.70. The number of nitro groups is 1. The molecule has 0 bridgehead atoms. The SMILES string of the molecule is COc1cc(/C=N\NC(N)=S)c([N+](=O)[O-])cc1OC. The molecule has 0 amide bonds. The number of thiocarbonyl (C=S) groups is 1. The summed E-state index contributed by atoms with van der Waals surface area (Å²) in [5, 5.41) is 14.6. The van der Waals surface area contributed by atoms with E-state index in [0.29, 0.717) is 5.75 Å². The van der Waals surface area contributed by atoms with E-state index in [1.807, 2.05) is 0 Å². The Hall–Kier alpha value is -2.42. The van der Waals surface area contributed by atoms with E-state index in [0.717, 1.165) is 0 Å². The number of nitrogens with two attached hydrogens (primary N) is 1. The van der Waals surface area contributed by atoms with Gasteiger partial charge in [-0.15, -0.1) is 0 Å². The molecule has 0 aromatic heterocycles. The van der Waals surface area contributed by atoms with Gasteiger partial charge in [-0.25, -0.2) is 0 Å². The summed E-state index contributed by atoms with van der Waals surface area (Å²) in [5.74, 6) is 0.610. The van der Waals surface area contributed by atoms with Crippen molar-refractivity contribution in [2.75, 3.05) is 14.2 Å². The molecule has 0 heterocycles. The molecule has 8 nitrogen and oxygen atoms in total. The Labute approximate surface area is 114 Å². The van der Waals surface area contributed by atoms with E-state index < -0.39 is 4.92 Å². The van der Waals surface area contributed by atoms with E-state index in [4.69, 9.17) is 15.2 Å². The molecule has 0 radical (unpaired) electrons. The van der Waals surface area contributed by atoms with Crippen LogP contribution in [0, 0.1) is 10.1 Å². The van der Waals surface area contributed by atoms with Crippen LogP contribution in [0.3, 0.4) is 0 Å². The van der Waals surface area contributed by atoms with Crippen LogP contribution < -0.4 is 20.6 Å². The molecule has 0 fully saturated rings. The van der Waals surface area contributed by atoms with Crippen LogP contribution in [0.15, 0.2) is 17.2 Å². The Morgan fingerprint density at radius 3 is 2.53 bits per heavy atom. The first-order valence-corrected chi connectivity index (χ1v) is 5.39. The summed E-state index contributed by atoms with van der Waals surface area (Å²) in [4.78, 5) is 10.4. The highest BCUT2D eigenvalue weighted by Gasteiger charge is 2.18. The van der Waals surface area contributed by atoms with Gasteiger partial charge in [0.15, 0.2) is 16.6 Å². The van der Waals surface area contributed by atoms with Gasteiger partial charge in [-0.1, -0.05) is 0 Å². The largest absolute Gasteiger partial charge is 0.493 e. The smallest absolute Gasteiger partial charge is 0.282 e. The molecule has 0 aliphatic carbocycles. The monoisotopic (exact) mass is 284 g/mol. The minimum Gasteiger partial charge on any atom is -0.493 e. The topological polar surface area (TPSA) is 112 Å². The van der Waals surface area contributed by atoms with E-state index >= 15 is 0 Å². The fraction of sp³-hybridized carbons (Fsp3) is 0.200. The predicted molar refractivity (Wildman–Crippen MR) is 73.7 cm³/mol. The molecule has 0 spiro atoms. The number of nitrogens with one attached hydrogen (secondary N) is 1. The highest BCUT2D eigenvalue weighted by atomic mass is 32.1. The maximum atomic E-state index is 11.0. The van der Waals surface area contributed by atoms with Crippen LogP contribution in [0.5, 0.6) is 11.5 Å². The number of nitro benzene ring substituents is 1. The van der Waals surface area contributed by atoms with Crippen LogP contribution in [0.2, 0.25) is 0 Å². The van der Waals surface area contributed by atoms with E-state index in [1.165, 1.54) is 32.6 Å². The number of hydrazone groups is 1. The van der Waals surface area contributed by atoms with Crippen LogP contribution in [0.1, 0.15) is 5.56 Å². The lowest BCUT2D eigenvalue weighted by Gasteiger charge is -2.08. The van der Waals surface area contributed by atoms with Gasteiger partial charge in [0.2, 0.25) is 0 Å². The molecule has 0 unspecified atom stereocenters. The lowest BCUT2D eigenvalue weighted by molar-refractivity contribution is -0.385. The lowest BCUT2D eigenvalue weighted by Crippen LogP contribution is -2.24. The van der Waals surface area contributed by atoms with Crippen molar-refractivity contribution in [3.05, 3.63) is 27.8 Å². The third-order valence-electron chi connectivity index (χ3n) is 2.11. The van der Waals surface area contributed by atoms with Gasteiger partial charge in [-0.05, 0) is 18.3 Å². The zero-order chi connectivity index (χ0) is 14.4. The van der Waals surface area contributed by atoms with Crippen molar-refractivity contribution in [1.82, 2.24) is 5.43 Å². The fourth-order valence-corrected chi connectivity index (χ4v) is 1.36. The van der Waals surface area contributed by atoms with Crippen molar-refractivity contribution in [3.8, 4) is 11.5 Å². The molecule has 1 rings (SSSR count). The van der Waals surface area contributed by atoms with Gasteiger partial charge in [-0.3, -0.25) is 15.5 Å². The first kappa shape index (κ1) is 14.6.